The molecule has 5 nitrogen and oxygen atoms in total. The average Bonchev–Trinajstić information content (AvgIpc) is 3.42. The summed E-state index contributed by atoms with van der Waals surface area (Å²) < 4.78 is 0. The van der Waals surface area contributed by atoms with Gasteiger partial charge in [0.15, 0.2) is 0 Å². The van der Waals surface area contributed by atoms with Gasteiger partial charge in [0, 0.05) is 57.0 Å². The molecule has 0 N–H and O–H groups in total. The summed E-state index contributed by atoms with van der Waals surface area (Å²) in [6.07, 6.45) is 5.76. The van der Waals surface area contributed by atoms with Crippen molar-refractivity contribution in [1.29, 1.82) is 0 Å². The zero-order valence-electron chi connectivity index (χ0n) is 21.5. The number of hydrogen-bond acceptors (Lipinski definition) is 4. The predicted octanol–water partition coefficient (Wildman–Crippen LogP) is 5.17. The summed E-state index contributed by atoms with van der Waals surface area (Å²) in [6, 6.07) is 20.9. The van der Waals surface area contributed by atoms with Crippen LogP contribution in [0.25, 0.3) is 6.08 Å². The molecule has 0 aliphatic carbocycles. The number of rotatable bonds is 7. The molecule has 3 aromatic rings. The lowest BCUT2D eigenvalue weighted by Gasteiger charge is -2.37. The van der Waals surface area contributed by atoms with E-state index in [1.54, 1.807) is 11.3 Å². The molecule has 1 atom stereocenters. The SMILES string of the molecule is Cc1ccc(C2c3ccsc3CCN2C(=O)CCC(=O)N2CCN(CC=Cc3ccccc3)CC2)cc1. The Kier molecular flexibility index (Phi) is 8.17. The molecular formula is C31H35N3O2S. The highest BCUT2D eigenvalue weighted by molar-refractivity contribution is 7.10. The fraction of sp³-hybridized carbons (Fsp3) is 0.355. The van der Waals surface area contributed by atoms with Gasteiger partial charge < -0.3 is 9.80 Å². The van der Waals surface area contributed by atoms with Crippen LogP contribution in [-0.4, -0.2) is 65.8 Å². The lowest BCUT2D eigenvalue weighted by Crippen LogP contribution is -2.48. The number of piperazine rings is 1. The van der Waals surface area contributed by atoms with E-state index in [2.05, 4.69) is 71.8 Å². The third kappa shape index (κ3) is 6.20. The van der Waals surface area contributed by atoms with Gasteiger partial charge in [-0.3, -0.25) is 14.5 Å². The Labute approximate surface area is 224 Å². The highest BCUT2D eigenvalue weighted by atomic mass is 32.1. The number of benzene rings is 2. The van der Waals surface area contributed by atoms with Gasteiger partial charge in [-0.2, -0.15) is 0 Å². The molecule has 6 heteroatoms. The molecule has 1 saturated heterocycles. The van der Waals surface area contributed by atoms with E-state index in [4.69, 9.17) is 0 Å². The van der Waals surface area contributed by atoms with Crippen molar-refractivity contribution in [2.75, 3.05) is 39.3 Å². The van der Waals surface area contributed by atoms with Crippen LogP contribution < -0.4 is 0 Å². The Morgan fingerprint density at radius 2 is 1.62 bits per heavy atom. The number of thiophene rings is 1. The van der Waals surface area contributed by atoms with Gasteiger partial charge >= 0.3 is 0 Å². The lowest BCUT2D eigenvalue weighted by atomic mass is 9.92. The molecule has 0 saturated carbocycles. The number of aryl methyl sites for hydroxylation is 1. The summed E-state index contributed by atoms with van der Waals surface area (Å²) >= 11 is 1.77. The molecule has 0 radical (unpaired) electrons. The van der Waals surface area contributed by atoms with E-state index in [-0.39, 0.29) is 30.7 Å². The topological polar surface area (TPSA) is 43.9 Å². The van der Waals surface area contributed by atoms with Crippen molar-refractivity contribution < 1.29 is 9.59 Å². The van der Waals surface area contributed by atoms with Crippen molar-refractivity contribution >= 4 is 29.2 Å². The Morgan fingerprint density at radius 3 is 2.38 bits per heavy atom. The number of fused-ring (bicyclic) bond motifs is 1. The summed E-state index contributed by atoms with van der Waals surface area (Å²) in [5, 5.41) is 2.13. The second kappa shape index (κ2) is 11.9. The molecule has 2 aliphatic heterocycles. The second-order valence-corrected chi connectivity index (χ2v) is 10.9. The maximum atomic E-state index is 13.4. The van der Waals surface area contributed by atoms with Gasteiger partial charge in [0.25, 0.3) is 0 Å². The van der Waals surface area contributed by atoms with Crippen molar-refractivity contribution in [1.82, 2.24) is 14.7 Å². The van der Waals surface area contributed by atoms with Crippen molar-refractivity contribution in [3.8, 4) is 0 Å². The fourth-order valence-corrected chi connectivity index (χ4v) is 6.19. The quantitative estimate of drug-likeness (QED) is 0.438. The van der Waals surface area contributed by atoms with E-state index in [0.29, 0.717) is 6.54 Å². The molecule has 37 heavy (non-hydrogen) atoms. The highest BCUT2D eigenvalue weighted by Gasteiger charge is 2.33. The molecule has 0 spiro atoms. The van der Waals surface area contributed by atoms with Crippen LogP contribution in [0.1, 0.15) is 46.0 Å². The van der Waals surface area contributed by atoms with Gasteiger partial charge in [0.1, 0.15) is 0 Å². The van der Waals surface area contributed by atoms with Crippen LogP contribution in [0, 0.1) is 6.92 Å². The number of carbonyl (C=O) groups is 2. The van der Waals surface area contributed by atoms with Crippen LogP contribution in [-0.2, 0) is 16.0 Å². The lowest BCUT2D eigenvalue weighted by molar-refractivity contribution is -0.139. The molecule has 2 aliphatic rings. The molecule has 2 aromatic carbocycles. The first kappa shape index (κ1) is 25.4. The molecule has 5 rings (SSSR count). The zero-order valence-corrected chi connectivity index (χ0v) is 22.3. The van der Waals surface area contributed by atoms with Crippen LogP contribution in [0.15, 0.2) is 72.1 Å². The minimum absolute atomic E-state index is 0.0642. The summed E-state index contributed by atoms with van der Waals surface area (Å²) in [5.41, 5.74) is 4.79. The van der Waals surface area contributed by atoms with Crippen LogP contribution >= 0.6 is 11.3 Å². The highest BCUT2D eigenvalue weighted by Crippen LogP contribution is 2.38. The van der Waals surface area contributed by atoms with Gasteiger partial charge in [0.2, 0.25) is 11.8 Å². The smallest absolute Gasteiger partial charge is 0.223 e. The van der Waals surface area contributed by atoms with Crippen molar-refractivity contribution in [3.63, 3.8) is 0 Å². The van der Waals surface area contributed by atoms with Crippen LogP contribution in [0.3, 0.4) is 0 Å². The van der Waals surface area contributed by atoms with Gasteiger partial charge in [-0.1, -0.05) is 72.3 Å². The molecule has 3 heterocycles. The van der Waals surface area contributed by atoms with E-state index in [9.17, 15) is 9.59 Å². The Balaban J connectivity index is 1.13. The maximum Gasteiger partial charge on any atom is 0.223 e. The monoisotopic (exact) mass is 513 g/mol. The third-order valence-electron chi connectivity index (χ3n) is 7.43. The first-order valence-electron chi connectivity index (χ1n) is 13.2. The summed E-state index contributed by atoms with van der Waals surface area (Å²) in [7, 11) is 0. The summed E-state index contributed by atoms with van der Waals surface area (Å²) in [4.78, 5) is 34.0. The molecule has 2 amide bonds. The van der Waals surface area contributed by atoms with E-state index in [1.807, 2.05) is 28.0 Å². The van der Waals surface area contributed by atoms with Crippen molar-refractivity contribution in [2.24, 2.45) is 0 Å². The Bertz CT molecular complexity index is 1230. The van der Waals surface area contributed by atoms with E-state index in [1.165, 1.54) is 21.6 Å². The van der Waals surface area contributed by atoms with Crippen molar-refractivity contribution in [2.45, 2.75) is 32.2 Å². The van der Waals surface area contributed by atoms with Crippen LogP contribution in [0.5, 0.6) is 0 Å². The molecule has 1 unspecified atom stereocenters. The van der Waals surface area contributed by atoms with Gasteiger partial charge in [0.05, 0.1) is 6.04 Å². The minimum Gasteiger partial charge on any atom is -0.340 e. The number of hydrogen-bond donors (Lipinski definition) is 0. The number of amides is 2. The van der Waals surface area contributed by atoms with E-state index < -0.39 is 0 Å². The second-order valence-electron chi connectivity index (χ2n) is 9.94. The summed E-state index contributed by atoms with van der Waals surface area (Å²) in [6.45, 7) is 6.84. The van der Waals surface area contributed by atoms with Crippen LogP contribution in [0.4, 0.5) is 0 Å². The van der Waals surface area contributed by atoms with Gasteiger partial charge in [-0.15, -0.1) is 11.3 Å². The predicted molar refractivity (Wildman–Crippen MR) is 150 cm³/mol. The van der Waals surface area contributed by atoms with Crippen LogP contribution in [0.2, 0.25) is 0 Å². The van der Waals surface area contributed by atoms with Crippen molar-refractivity contribution in [3.05, 3.63) is 99.3 Å². The average molecular weight is 514 g/mol. The molecule has 192 valence electrons. The minimum atomic E-state index is -0.0642. The van der Waals surface area contributed by atoms with Gasteiger partial charge in [-0.25, -0.2) is 0 Å². The first-order valence-corrected chi connectivity index (χ1v) is 14.1. The normalized spacial score (nSPS) is 18.2. The number of nitrogens with zero attached hydrogens (tertiary/aromatic N) is 3. The molecule has 1 aromatic heterocycles. The molecule has 1 fully saturated rings. The first-order chi connectivity index (χ1) is 18.1. The van der Waals surface area contributed by atoms with E-state index >= 15 is 0 Å². The Hall–Kier alpha value is -3.22. The summed E-state index contributed by atoms with van der Waals surface area (Å²) in [5.74, 6) is 0.161. The molecule has 0 bridgehead atoms. The standard InChI is InChI=1S/C31H35N3O2S/c1-24-9-11-26(12-10-24)31-27-16-23-37-28(27)15-18-34(31)30(36)14-13-29(35)33-21-19-32(20-22-33)17-5-8-25-6-3-2-4-7-25/h2-12,16,23,31H,13-15,17-22H2,1H3. The third-order valence-corrected chi connectivity index (χ3v) is 8.43. The number of carbonyl (C=O) groups excluding carboxylic acids is 2. The zero-order chi connectivity index (χ0) is 25.6. The van der Waals surface area contributed by atoms with E-state index in [0.717, 1.165) is 44.7 Å². The maximum absolute atomic E-state index is 13.4. The molecular weight excluding hydrogens is 478 g/mol. The fourth-order valence-electron chi connectivity index (χ4n) is 5.29. The Morgan fingerprint density at radius 1 is 0.892 bits per heavy atom. The van der Waals surface area contributed by atoms with Gasteiger partial charge in [-0.05, 0) is 41.5 Å². The largest absolute Gasteiger partial charge is 0.340 e.